The number of oxazole rings is 1. The van der Waals surface area contributed by atoms with E-state index in [0.29, 0.717) is 64.8 Å². The number of carbonyl (C=O) groups is 1. The van der Waals surface area contributed by atoms with E-state index in [2.05, 4.69) is 9.97 Å². The molecule has 0 aliphatic carbocycles. The number of aromatic nitrogens is 4. The lowest BCUT2D eigenvalue weighted by molar-refractivity contribution is 0.0779. The summed E-state index contributed by atoms with van der Waals surface area (Å²) in [5.74, 6) is 1.53. The first-order valence-electron chi connectivity index (χ1n) is 11.9. The molecule has 1 aliphatic heterocycles. The number of aryl methyl sites for hydroxylation is 1. The Hall–Kier alpha value is -4.79. The van der Waals surface area contributed by atoms with E-state index in [1.807, 2.05) is 37.3 Å². The minimum absolute atomic E-state index is 0.100. The van der Waals surface area contributed by atoms with Crippen LogP contribution in [0.5, 0.6) is 5.75 Å². The minimum Gasteiger partial charge on any atom is -0.497 e. The molecule has 0 saturated heterocycles. The van der Waals surface area contributed by atoms with Crippen LogP contribution in [0.15, 0.2) is 76.3 Å². The Bertz CT molecular complexity index is 1690. The lowest BCUT2D eigenvalue weighted by Crippen LogP contribution is -2.30. The standard InChI is InChI=1S/C28H23N5O4/c1-17-6-11-22-25(30-17)31-23(33(27(22)34)19-7-9-20(36-2)10-8-19)12-14-32-16-18-4-3-5-21(24(18)28(32)35)26-29-13-15-37-26/h3-11,13,15H,12,14,16H2,1-2H3. The molecule has 9 heteroatoms. The maximum absolute atomic E-state index is 13.6. The van der Waals surface area contributed by atoms with Crippen molar-refractivity contribution in [2.45, 2.75) is 19.9 Å². The predicted octanol–water partition coefficient (Wildman–Crippen LogP) is 3.95. The van der Waals surface area contributed by atoms with Crippen LogP contribution in [0.3, 0.4) is 0 Å². The van der Waals surface area contributed by atoms with Gasteiger partial charge in [0.1, 0.15) is 17.8 Å². The molecule has 5 aromatic rings. The van der Waals surface area contributed by atoms with Gasteiger partial charge < -0.3 is 14.1 Å². The molecular formula is C28H23N5O4. The van der Waals surface area contributed by atoms with E-state index in [1.165, 1.54) is 6.26 Å². The molecule has 9 nitrogen and oxygen atoms in total. The van der Waals surface area contributed by atoms with E-state index < -0.39 is 0 Å². The quantitative estimate of drug-likeness (QED) is 0.353. The van der Waals surface area contributed by atoms with Gasteiger partial charge in [-0.3, -0.25) is 14.2 Å². The molecule has 4 heterocycles. The van der Waals surface area contributed by atoms with Gasteiger partial charge in [-0.1, -0.05) is 12.1 Å². The van der Waals surface area contributed by atoms with Crippen LogP contribution in [0.4, 0.5) is 0 Å². The van der Waals surface area contributed by atoms with Gasteiger partial charge in [0.25, 0.3) is 11.5 Å². The largest absolute Gasteiger partial charge is 0.497 e. The van der Waals surface area contributed by atoms with Crippen molar-refractivity contribution in [3.05, 3.63) is 100 Å². The summed E-state index contributed by atoms with van der Waals surface area (Å²) in [7, 11) is 1.59. The van der Waals surface area contributed by atoms with Gasteiger partial charge in [-0.2, -0.15) is 0 Å². The summed E-state index contributed by atoms with van der Waals surface area (Å²) in [6.07, 6.45) is 3.41. The second kappa shape index (κ2) is 9.02. The topological polar surface area (TPSA) is 103 Å². The summed E-state index contributed by atoms with van der Waals surface area (Å²) < 4.78 is 12.3. The smallest absolute Gasteiger partial charge is 0.267 e. The number of pyridine rings is 1. The Morgan fingerprint density at radius 1 is 1.03 bits per heavy atom. The van der Waals surface area contributed by atoms with E-state index in [-0.39, 0.29) is 11.5 Å². The zero-order valence-electron chi connectivity index (χ0n) is 20.3. The van der Waals surface area contributed by atoms with Crippen molar-refractivity contribution >= 4 is 16.9 Å². The van der Waals surface area contributed by atoms with Crippen molar-refractivity contribution in [2.24, 2.45) is 0 Å². The average Bonchev–Trinajstić information content (AvgIpc) is 3.56. The Balaban J connectivity index is 1.36. The van der Waals surface area contributed by atoms with Crippen LogP contribution in [0, 0.1) is 6.92 Å². The van der Waals surface area contributed by atoms with Crippen LogP contribution in [0.1, 0.15) is 27.4 Å². The molecule has 1 aliphatic rings. The SMILES string of the molecule is COc1ccc(-n2c(CCN3Cc4cccc(-c5ncco5)c4C3=O)nc3nc(C)ccc3c2=O)cc1. The molecule has 0 N–H and O–H groups in total. The number of nitrogens with zero attached hydrogens (tertiary/aromatic N) is 5. The molecule has 37 heavy (non-hydrogen) atoms. The Morgan fingerprint density at radius 3 is 2.62 bits per heavy atom. The summed E-state index contributed by atoms with van der Waals surface area (Å²) in [5, 5.41) is 0.436. The maximum Gasteiger partial charge on any atom is 0.267 e. The molecule has 0 unspecified atom stereocenters. The molecule has 0 saturated carbocycles. The van der Waals surface area contributed by atoms with Gasteiger partial charge in [0, 0.05) is 25.2 Å². The number of hydrogen-bond donors (Lipinski definition) is 0. The summed E-state index contributed by atoms with van der Waals surface area (Å²) in [5.41, 5.74) is 3.81. The molecule has 184 valence electrons. The Morgan fingerprint density at radius 2 is 1.86 bits per heavy atom. The lowest BCUT2D eigenvalue weighted by atomic mass is 10.0. The van der Waals surface area contributed by atoms with Crippen LogP contribution >= 0.6 is 0 Å². The number of hydrogen-bond acceptors (Lipinski definition) is 7. The van der Waals surface area contributed by atoms with Crippen molar-refractivity contribution < 1.29 is 13.9 Å². The molecular weight excluding hydrogens is 470 g/mol. The number of rotatable bonds is 6. The molecule has 0 fully saturated rings. The van der Waals surface area contributed by atoms with E-state index >= 15 is 0 Å². The van der Waals surface area contributed by atoms with E-state index in [0.717, 1.165) is 11.3 Å². The Labute approximate surface area is 212 Å². The molecule has 1 amide bonds. The fourth-order valence-corrected chi connectivity index (χ4v) is 4.74. The minimum atomic E-state index is -0.208. The second-order valence-electron chi connectivity index (χ2n) is 8.84. The fraction of sp³-hybridized carbons (Fsp3) is 0.179. The first-order valence-corrected chi connectivity index (χ1v) is 11.9. The van der Waals surface area contributed by atoms with Gasteiger partial charge in [0.05, 0.1) is 35.5 Å². The van der Waals surface area contributed by atoms with Crippen molar-refractivity contribution in [1.29, 1.82) is 0 Å². The van der Waals surface area contributed by atoms with Crippen LogP contribution in [-0.4, -0.2) is 44.0 Å². The molecule has 0 spiro atoms. The third-order valence-electron chi connectivity index (χ3n) is 6.55. The average molecular weight is 494 g/mol. The van der Waals surface area contributed by atoms with E-state index in [4.69, 9.17) is 14.1 Å². The monoisotopic (exact) mass is 493 g/mol. The third-order valence-corrected chi connectivity index (χ3v) is 6.55. The number of ether oxygens (including phenoxy) is 1. The van der Waals surface area contributed by atoms with Crippen LogP contribution < -0.4 is 10.3 Å². The zero-order valence-corrected chi connectivity index (χ0v) is 20.3. The molecule has 0 atom stereocenters. The van der Waals surface area contributed by atoms with Gasteiger partial charge in [-0.05, 0) is 55.0 Å². The normalized spacial score (nSPS) is 12.8. The van der Waals surface area contributed by atoms with Crippen molar-refractivity contribution in [3.63, 3.8) is 0 Å². The lowest BCUT2D eigenvalue weighted by Gasteiger charge is -2.18. The molecule has 0 bridgehead atoms. The summed E-state index contributed by atoms with van der Waals surface area (Å²) in [6, 6.07) is 16.5. The summed E-state index contributed by atoms with van der Waals surface area (Å²) in [6.45, 7) is 2.69. The summed E-state index contributed by atoms with van der Waals surface area (Å²) in [4.78, 5) is 42.2. The highest BCUT2D eigenvalue weighted by Gasteiger charge is 2.31. The van der Waals surface area contributed by atoms with Crippen molar-refractivity contribution in [2.75, 3.05) is 13.7 Å². The van der Waals surface area contributed by atoms with E-state index in [1.54, 1.807) is 47.0 Å². The van der Waals surface area contributed by atoms with Crippen molar-refractivity contribution in [3.8, 4) is 22.9 Å². The van der Waals surface area contributed by atoms with Crippen LogP contribution in [-0.2, 0) is 13.0 Å². The highest BCUT2D eigenvalue weighted by atomic mass is 16.5. The zero-order chi connectivity index (χ0) is 25.5. The molecule has 6 rings (SSSR count). The van der Waals surface area contributed by atoms with Crippen LogP contribution in [0.25, 0.3) is 28.2 Å². The number of fused-ring (bicyclic) bond motifs is 2. The first kappa shape index (κ1) is 22.7. The van der Waals surface area contributed by atoms with E-state index in [9.17, 15) is 9.59 Å². The number of methoxy groups -OCH3 is 1. The van der Waals surface area contributed by atoms with Gasteiger partial charge >= 0.3 is 0 Å². The van der Waals surface area contributed by atoms with Gasteiger partial charge in [0.2, 0.25) is 5.89 Å². The fourth-order valence-electron chi connectivity index (χ4n) is 4.74. The maximum atomic E-state index is 13.6. The van der Waals surface area contributed by atoms with Crippen LogP contribution in [0.2, 0.25) is 0 Å². The van der Waals surface area contributed by atoms with Gasteiger partial charge in [-0.25, -0.2) is 15.0 Å². The number of carbonyl (C=O) groups excluding carboxylic acids is 1. The Kier molecular flexibility index (Phi) is 5.52. The number of benzene rings is 2. The molecule has 2 aromatic carbocycles. The highest BCUT2D eigenvalue weighted by molar-refractivity contribution is 6.03. The highest BCUT2D eigenvalue weighted by Crippen LogP contribution is 2.32. The third kappa shape index (κ3) is 3.94. The molecule has 3 aromatic heterocycles. The summed E-state index contributed by atoms with van der Waals surface area (Å²) >= 11 is 0. The predicted molar refractivity (Wildman–Crippen MR) is 137 cm³/mol. The molecule has 0 radical (unpaired) electrons. The van der Waals surface area contributed by atoms with Gasteiger partial charge in [-0.15, -0.1) is 0 Å². The van der Waals surface area contributed by atoms with Gasteiger partial charge in [0.15, 0.2) is 5.65 Å². The second-order valence-corrected chi connectivity index (χ2v) is 8.84. The number of amides is 1. The van der Waals surface area contributed by atoms with Crippen molar-refractivity contribution in [1.82, 2.24) is 24.4 Å². The first-order chi connectivity index (χ1) is 18.0.